The van der Waals surface area contributed by atoms with Crippen molar-refractivity contribution in [2.75, 3.05) is 24.9 Å². The number of benzene rings is 2. The molecule has 0 bridgehead atoms. The van der Waals surface area contributed by atoms with Crippen LogP contribution in [0.25, 0.3) is 21.9 Å². The average molecular weight is 1110 g/mol. The molecule has 2 aromatic carbocycles. The monoisotopic (exact) mass is 1110 g/mol. The molecule has 0 saturated carbocycles. The fourth-order valence-corrected chi connectivity index (χ4v) is 10.0. The molecule has 2 aliphatic rings. The van der Waals surface area contributed by atoms with Gasteiger partial charge in [0.15, 0.2) is 47.3 Å². The predicted octanol–water partition coefficient (Wildman–Crippen LogP) is 5.57. The number of anilines is 2. The number of H-pyrrole nitrogens is 3. The van der Waals surface area contributed by atoms with E-state index < -0.39 is 118 Å². The Kier molecular flexibility index (Phi) is 15.0. The number of methoxy groups -OCH3 is 2. The van der Waals surface area contributed by atoms with Crippen LogP contribution in [0.3, 0.4) is 0 Å². The molecule has 9 rings (SSSR count). The van der Waals surface area contributed by atoms with Crippen LogP contribution in [0.1, 0.15) is 97.6 Å². The van der Waals surface area contributed by atoms with E-state index >= 15 is 0 Å². The number of carbonyl (C=O) groups is 4. The molecular formula is C55H59N5O20. The molecule has 2 aliphatic heterocycles. The highest BCUT2D eigenvalue weighted by atomic mass is 16.7. The molecule has 5 aromatic heterocycles. The lowest BCUT2D eigenvalue weighted by Crippen LogP contribution is -2.65. The number of aromatic nitrogens is 3. The Bertz CT molecular complexity index is 3480. The van der Waals surface area contributed by atoms with Crippen LogP contribution < -0.4 is 31.4 Å². The normalized spacial score (nSPS) is 22.4. The summed E-state index contributed by atoms with van der Waals surface area (Å²) in [4.78, 5) is 89.0. The van der Waals surface area contributed by atoms with Crippen molar-refractivity contribution in [3.63, 3.8) is 0 Å². The van der Waals surface area contributed by atoms with Gasteiger partial charge in [-0.1, -0.05) is 0 Å². The number of nitrogens with one attached hydrogen (secondary N) is 5. The zero-order valence-electron chi connectivity index (χ0n) is 45.1. The number of amides is 2. The van der Waals surface area contributed by atoms with E-state index in [-0.39, 0.29) is 72.8 Å². The second kappa shape index (κ2) is 21.3. The summed E-state index contributed by atoms with van der Waals surface area (Å²) in [5.41, 5.74) is -4.60. The minimum atomic E-state index is -1.59. The quantitative estimate of drug-likeness (QED) is 0.0474. The second-order valence-corrected chi connectivity index (χ2v) is 20.5. The number of aliphatic hydroxyl groups is 2. The Labute approximate surface area is 454 Å². The summed E-state index contributed by atoms with van der Waals surface area (Å²) < 4.78 is 58.3. The van der Waals surface area contributed by atoms with Gasteiger partial charge in [-0.05, 0) is 116 Å². The first-order chi connectivity index (χ1) is 37.7. The maximum atomic E-state index is 13.7. The van der Waals surface area contributed by atoms with E-state index in [9.17, 15) is 49.2 Å². The summed E-state index contributed by atoms with van der Waals surface area (Å²) in [6.45, 7) is 14.6. The highest BCUT2D eigenvalue weighted by Crippen LogP contribution is 2.41. The van der Waals surface area contributed by atoms with Gasteiger partial charge in [-0.25, -0.2) is 19.2 Å². The lowest BCUT2D eigenvalue weighted by molar-refractivity contribution is -0.305. The number of aromatic hydroxyl groups is 2. The molecule has 25 nitrogen and oxygen atoms in total. The molecule has 424 valence electrons. The van der Waals surface area contributed by atoms with Crippen molar-refractivity contribution in [3.8, 4) is 23.0 Å². The first-order valence-electron chi connectivity index (χ1n) is 25.0. The number of aromatic amines is 3. The van der Waals surface area contributed by atoms with E-state index in [1.165, 1.54) is 71.4 Å². The maximum Gasteiger partial charge on any atom is 0.364 e. The molecule has 0 radical (unpaired) electrons. The summed E-state index contributed by atoms with van der Waals surface area (Å²) in [5.74, 6) is -4.71. The molecule has 0 aliphatic carbocycles. The van der Waals surface area contributed by atoms with Crippen LogP contribution >= 0.6 is 0 Å². The van der Waals surface area contributed by atoms with Gasteiger partial charge in [0.05, 0.1) is 27.5 Å². The summed E-state index contributed by atoms with van der Waals surface area (Å²) >= 11 is 0. The zero-order chi connectivity index (χ0) is 58.0. The molecular weight excluding hydrogens is 1050 g/mol. The van der Waals surface area contributed by atoms with Gasteiger partial charge in [0.1, 0.15) is 52.0 Å². The van der Waals surface area contributed by atoms with Gasteiger partial charge in [-0.15, -0.1) is 0 Å². The average Bonchev–Trinajstić information content (AvgIpc) is 4.22. The van der Waals surface area contributed by atoms with Crippen molar-refractivity contribution >= 4 is 57.1 Å². The number of aliphatic hydroxyl groups excluding tert-OH is 2. The molecule has 2 saturated heterocycles. The number of ether oxygens (including phenoxy) is 8. The largest absolute Gasteiger partial charge is 0.505 e. The number of hydrogen-bond donors (Lipinski definition) is 9. The molecule has 2 amide bonds. The summed E-state index contributed by atoms with van der Waals surface area (Å²) in [6, 6.07) is 11.9. The van der Waals surface area contributed by atoms with E-state index in [4.69, 9.17) is 46.7 Å². The SMILES string of the molecule is CO[C@@H]1[C@@H](OC(=O)c2ccc(C)[nH]2)[C@@H](O)C(Oc2ccc3c(O)c(NC(=O)c4[nH]cc(C(=O)Nc5c(O)c6ccc(OC7OC(C)(C)[C@@H](OC)[C@H](OC(=O)c8ccc(C)[nH]8)[C@@H]7O)c(C)c6oc5=O)c4C)c(=O)oc3c2C)OC1(C)C. The Balaban J connectivity index is 0.890. The highest BCUT2D eigenvalue weighted by Gasteiger charge is 2.55. The molecule has 25 heteroatoms. The van der Waals surface area contributed by atoms with Crippen molar-refractivity contribution in [2.24, 2.45) is 0 Å². The third-order valence-electron chi connectivity index (χ3n) is 14.2. The minimum Gasteiger partial charge on any atom is -0.505 e. The fourth-order valence-electron chi connectivity index (χ4n) is 10.0. The molecule has 80 heavy (non-hydrogen) atoms. The van der Waals surface area contributed by atoms with Crippen LogP contribution in [0.5, 0.6) is 23.0 Å². The number of aryl methyl sites for hydroxylation is 4. The summed E-state index contributed by atoms with van der Waals surface area (Å²) in [6.07, 6.45) is -9.34. The smallest absolute Gasteiger partial charge is 0.364 e. The van der Waals surface area contributed by atoms with E-state index in [0.29, 0.717) is 11.4 Å². The Hall–Kier alpha value is -8.46. The number of fused-ring (bicyclic) bond motifs is 2. The maximum absolute atomic E-state index is 13.7. The first-order valence-corrected chi connectivity index (χ1v) is 25.0. The van der Waals surface area contributed by atoms with Crippen LogP contribution in [0.2, 0.25) is 0 Å². The first kappa shape index (κ1) is 56.3. The Morgan fingerprint density at radius 1 is 0.588 bits per heavy atom. The molecule has 2 unspecified atom stereocenters. The summed E-state index contributed by atoms with van der Waals surface area (Å²) in [7, 11) is 2.76. The fraction of sp³-hybridized carbons (Fsp3) is 0.382. The highest BCUT2D eigenvalue weighted by molar-refractivity contribution is 6.12. The number of carbonyl (C=O) groups excluding carboxylic acids is 4. The van der Waals surface area contributed by atoms with E-state index in [2.05, 4.69) is 25.6 Å². The Morgan fingerprint density at radius 2 is 1.00 bits per heavy atom. The Morgan fingerprint density at radius 3 is 1.39 bits per heavy atom. The van der Waals surface area contributed by atoms with Crippen LogP contribution in [0, 0.1) is 34.6 Å². The molecule has 2 fully saturated rings. The number of hydrogen-bond acceptors (Lipinski definition) is 20. The van der Waals surface area contributed by atoms with Gasteiger partial charge in [-0.2, -0.15) is 0 Å². The van der Waals surface area contributed by atoms with Crippen LogP contribution in [-0.4, -0.2) is 134 Å². The lowest BCUT2D eigenvalue weighted by atomic mass is 9.89. The van der Waals surface area contributed by atoms with E-state index in [1.54, 1.807) is 53.7 Å². The third kappa shape index (κ3) is 10.2. The van der Waals surface area contributed by atoms with E-state index in [1.807, 2.05) is 0 Å². The standard InChI is InChI=1S/C55H59N5O20/c1-21-12-16-29(57-21)48(67)77-42-38(63)52(79-54(6,7)44(42)71-10)73-31-18-14-26-36(61)34(50(69)75-40(26)24(31)4)59-46(65)28-20-56-33(23(28)3)47(66)60-35-37(62)27-15-19-32(25(5)41(27)76-51(35)70)74-53-39(64)43(45(72-11)55(8,9)80-53)78-49(68)30-17-13-22(2)58-30/h12-20,38-39,42-45,52-53,56-58,61-64H,1-11H3,(H,59,65)(H,60,66)/t38-,39+,42+,43-,44-,45+,52?,53?/m0/s1. The van der Waals surface area contributed by atoms with Crippen molar-refractivity contribution < 1.29 is 86.3 Å². The second-order valence-electron chi connectivity index (χ2n) is 20.5. The van der Waals surface area contributed by atoms with Gasteiger partial charge in [-0.3, -0.25) is 9.59 Å². The molecule has 8 atom stereocenters. The minimum absolute atomic E-state index is 0.0247. The molecule has 7 aromatic rings. The van der Waals surface area contributed by atoms with Crippen molar-refractivity contribution in [1.29, 1.82) is 0 Å². The summed E-state index contributed by atoms with van der Waals surface area (Å²) in [5, 5.41) is 50.4. The lowest BCUT2D eigenvalue weighted by Gasteiger charge is -2.47. The van der Waals surface area contributed by atoms with Crippen molar-refractivity contribution in [1.82, 2.24) is 15.0 Å². The van der Waals surface area contributed by atoms with Gasteiger partial charge < -0.3 is 92.7 Å². The van der Waals surface area contributed by atoms with Gasteiger partial charge in [0, 0.05) is 42.9 Å². The van der Waals surface area contributed by atoms with Gasteiger partial charge in [0.25, 0.3) is 11.8 Å². The predicted molar refractivity (Wildman–Crippen MR) is 281 cm³/mol. The number of esters is 2. The molecule has 0 spiro atoms. The van der Waals surface area contributed by atoms with E-state index in [0.717, 1.165) is 6.20 Å². The third-order valence-corrected chi connectivity index (χ3v) is 14.2. The van der Waals surface area contributed by atoms with Crippen molar-refractivity contribution in [2.45, 2.75) is 123 Å². The zero-order valence-corrected chi connectivity index (χ0v) is 45.1. The van der Waals surface area contributed by atoms with Gasteiger partial charge >= 0.3 is 23.2 Å². The van der Waals surface area contributed by atoms with Crippen LogP contribution in [-0.2, 0) is 28.4 Å². The van der Waals surface area contributed by atoms with Crippen LogP contribution in [0.4, 0.5) is 11.4 Å². The van der Waals surface area contributed by atoms with Crippen LogP contribution in [0.15, 0.2) is 73.2 Å². The van der Waals surface area contributed by atoms with Crippen molar-refractivity contribution in [3.05, 3.63) is 126 Å². The molecule has 7 heterocycles. The number of rotatable bonds is 14. The topological polar surface area (TPSA) is 355 Å². The molecule has 9 N–H and O–H groups in total. The van der Waals surface area contributed by atoms with Gasteiger partial charge in [0.2, 0.25) is 12.6 Å².